The van der Waals surface area contributed by atoms with Crippen molar-refractivity contribution in [2.24, 2.45) is 0 Å². The van der Waals surface area contributed by atoms with Gasteiger partial charge in [-0.25, -0.2) is 17.5 Å². The molecule has 178 valence electrons. The molecule has 1 aliphatic rings. The molecule has 0 radical (unpaired) electrons. The Labute approximate surface area is 194 Å². The van der Waals surface area contributed by atoms with E-state index in [0.717, 1.165) is 5.56 Å². The van der Waals surface area contributed by atoms with Crippen LogP contribution >= 0.6 is 0 Å². The van der Waals surface area contributed by atoms with Crippen LogP contribution in [0.4, 0.5) is 10.1 Å². The number of Topliss-reactive ketones (excluding diaryl/α,β-unsaturated/α-hetero) is 1. The number of carbonyl (C=O) groups is 2. The van der Waals surface area contributed by atoms with Gasteiger partial charge in [0.1, 0.15) is 5.82 Å². The average molecular weight is 476 g/mol. The smallest absolute Gasteiger partial charge is 0.241 e. The summed E-state index contributed by atoms with van der Waals surface area (Å²) in [5.74, 6) is -0.806. The molecule has 0 atom stereocenters. The second-order valence-corrected chi connectivity index (χ2v) is 10.2. The number of benzene rings is 2. The van der Waals surface area contributed by atoms with Gasteiger partial charge in [-0.05, 0) is 57.0 Å². The molecule has 0 aliphatic carbocycles. The molecule has 0 unspecified atom stereocenters. The lowest BCUT2D eigenvalue weighted by atomic mass is 10.1. The molecular formula is C24H30FN3O4S. The van der Waals surface area contributed by atoms with Crippen molar-refractivity contribution in [2.75, 3.05) is 37.6 Å². The highest BCUT2D eigenvalue weighted by Gasteiger charge is 2.24. The second-order valence-electron chi connectivity index (χ2n) is 8.47. The van der Waals surface area contributed by atoms with Crippen molar-refractivity contribution < 1.29 is 22.4 Å². The number of sulfonamides is 1. The molecule has 2 aromatic rings. The number of nitrogens with one attached hydrogen (secondary N) is 1. The lowest BCUT2D eigenvalue weighted by Crippen LogP contribution is -2.49. The lowest BCUT2D eigenvalue weighted by Gasteiger charge is -2.36. The van der Waals surface area contributed by atoms with Crippen LogP contribution in [0.2, 0.25) is 0 Å². The first-order valence-electron chi connectivity index (χ1n) is 10.9. The normalized spacial score (nSPS) is 14.5. The maximum atomic E-state index is 14.4. The van der Waals surface area contributed by atoms with E-state index in [1.807, 2.05) is 24.0 Å². The van der Waals surface area contributed by atoms with E-state index in [0.29, 0.717) is 48.6 Å². The summed E-state index contributed by atoms with van der Waals surface area (Å²) in [6, 6.07) is 8.07. The van der Waals surface area contributed by atoms with E-state index in [1.54, 1.807) is 30.9 Å². The first kappa shape index (κ1) is 24.9. The lowest BCUT2D eigenvalue weighted by molar-refractivity contribution is -0.131. The zero-order valence-corrected chi connectivity index (χ0v) is 20.3. The number of hydrogen-bond acceptors (Lipinski definition) is 5. The fraction of sp³-hybridized carbons (Fsp3) is 0.417. The Morgan fingerprint density at radius 3 is 2.15 bits per heavy atom. The van der Waals surface area contributed by atoms with Gasteiger partial charge in [-0.3, -0.25) is 9.59 Å². The van der Waals surface area contributed by atoms with Gasteiger partial charge < -0.3 is 9.80 Å². The number of carbonyl (C=O) groups excluding carboxylic acids is 2. The third-order valence-corrected chi connectivity index (χ3v) is 7.60. The molecule has 1 saturated heterocycles. The fourth-order valence-electron chi connectivity index (χ4n) is 4.29. The van der Waals surface area contributed by atoms with E-state index in [2.05, 4.69) is 4.72 Å². The van der Waals surface area contributed by atoms with Crippen LogP contribution in [-0.4, -0.2) is 57.7 Å². The number of aryl methyl sites for hydroxylation is 3. The van der Waals surface area contributed by atoms with Crippen LogP contribution in [-0.2, 0) is 14.8 Å². The van der Waals surface area contributed by atoms with Gasteiger partial charge in [0.25, 0.3) is 0 Å². The number of ketones is 1. The topological polar surface area (TPSA) is 86.8 Å². The summed E-state index contributed by atoms with van der Waals surface area (Å²) in [7, 11) is -3.72. The molecule has 0 aromatic heterocycles. The first-order valence-corrected chi connectivity index (χ1v) is 12.4. The Balaban J connectivity index is 1.53. The number of nitrogens with zero attached hydrogens (tertiary/aromatic N) is 2. The van der Waals surface area contributed by atoms with E-state index in [1.165, 1.54) is 13.0 Å². The molecule has 0 spiro atoms. The maximum Gasteiger partial charge on any atom is 0.241 e. The summed E-state index contributed by atoms with van der Waals surface area (Å²) < 4.78 is 42.4. The third-order valence-electron chi connectivity index (χ3n) is 5.83. The first-order chi connectivity index (χ1) is 15.5. The van der Waals surface area contributed by atoms with Crippen LogP contribution in [0.1, 0.15) is 40.4 Å². The van der Waals surface area contributed by atoms with Gasteiger partial charge in [-0.15, -0.1) is 0 Å². The standard InChI is InChI=1S/C24H30FN3O4S/c1-16-13-17(2)24(18(3)14-16)33(31,32)26-8-7-23(30)28-11-9-27(10-12-28)22-6-5-20(19(4)29)15-21(22)25/h5-6,13-15,26H,7-12H2,1-4H3. The molecule has 0 bridgehead atoms. The Bertz CT molecular complexity index is 1150. The third kappa shape index (κ3) is 5.78. The van der Waals surface area contributed by atoms with Crippen LogP contribution in [0.5, 0.6) is 0 Å². The summed E-state index contributed by atoms with van der Waals surface area (Å²) in [6.07, 6.45) is 0.0465. The molecule has 1 N–H and O–H groups in total. The Morgan fingerprint density at radius 2 is 1.61 bits per heavy atom. The molecule has 33 heavy (non-hydrogen) atoms. The summed E-state index contributed by atoms with van der Waals surface area (Å²) in [5, 5.41) is 0. The molecule has 7 nitrogen and oxygen atoms in total. The van der Waals surface area contributed by atoms with Crippen LogP contribution in [0.15, 0.2) is 35.2 Å². The molecule has 0 saturated carbocycles. The highest BCUT2D eigenvalue weighted by atomic mass is 32.2. The van der Waals surface area contributed by atoms with E-state index >= 15 is 0 Å². The van der Waals surface area contributed by atoms with Gasteiger partial charge in [0.15, 0.2) is 5.78 Å². The molecule has 3 rings (SSSR count). The summed E-state index contributed by atoms with van der Waals surface area (Å²) in [4.78, 5) is 27.8. The molecule has 2 aromatic carbocycles. The van der Waals surface area contributed by atoms with Gasteiger partial charge in [-0.2, -0.15) is 0 Å². The summed E-state index contributed by atoms with van der Waals surface area (Å²) in [5.41, 5.74) is 3.07. The number of anilines is 1. The minimum Gasteiger partial charge on any atom is -0.366 e. The van der Waals surface area contributed by atoms with Crippen molar-refractivity contribution in [1.82, 2.24) is 9.62 Å². The number of piperazine rings is 1. The Morgan fingerprint density at radius 1 is 1.00 bits per heavy atom. The SMILES string of the molecule is CC(=O)c1ccc(N2CCN(C(=O)CCNS(=O)(=O)c3c(C)cc(C)cc3C)CC2)c(F)c1. The number of amides is 1. The average Bonchev–Trinajstić information content (AvgIpc) is 2.72. The number of rotatable bonds is 7. The molecular weight excluding hydrogens is 445 g/mol. The minimum absolute atomic E-state index is 0.00920. The van der Waals surface area contributed by atoms with E-state index in [9.17, 15) is 22.4 Å². The van der Waals surface area contributed by atoms with Crippen molar-refractivity contribution >= 4 is 27.4 Å². The van der Waals surface area contributed by atoms with Crippen molar-refractivity contribution in [1.29, 1.82) is 0 Å². The van der Waals surface area contributed by atoms with Crippen LogP contribution < -0.4 is 9.62 Å². The van der Waals surface area contributed by atoms with Crippen molar-refractivity contribution in [3.8, 4) is 0 Å². The van der Waals surface area contributed by atoms with Crippen molar-refractivity contribution in [3.05, 3.63) is 58.4 Å². The molecule has 1 fully saturated rings. The maximum absolute atomic E-state index is 14.4. The van der Waals surface area contributed by atoms with E-state index in [-0.39, 0.29) is 29.6 Å². The summed E-state index contributed by atoms with van der Waals surface area (Å²) in [6.45, 7) is 8.57. The summed E-state index contributed by atoms with van der Waals surface area (Å²) >= 11 is 0. The van der Waals surface area contributed by atoms with Gasteiger partial charge in [0, 0.05) is 44.7 Å². The predicted octanol–water partition coefficient (Wildman–Crippen LogP) is 2.97. The Hall–Kier alpha value is -2.78. The zero-order valence-electron chi connectivity index (χ0n) is 19.4. The number of hydrogen-bond donors (Lipinski definition) is 1. The largest absolute Gasteiger partial charge is 0.366 e. The zero-order chi connectivity index (χ0) is 24.3. The monoisotopic (exact) mass is 475 g/mol. The Kier molecular flexibility index (Phi) is 7.54. The van der Waals surface area contributed by atoms with Gasteiger partial charge in [0.2, 0.25) is 15.9 Å². The van der Waals surface area contributed by atoms with Gasteiger partial charge >= 0.3 is 0 Å². The number of halogens is 1. The highest BCUT2D eigenvalue weighted by molar-refractivity contribution is 7.89. The molecule has 1 amide bonds. The second kappa shape index (κ2) is 10.0. The minimum atomic E-state index is -3.72. The molecule has 1 heterocycles. The van der Waals surface area contributed by atoms with Crippen LogP contribution in [0.25, 0.3) is 0 Å². The predicted molar refractivity (Wildman–Crippen MR) is 126 cm³/mol. The van der Waals surface area contributed by atoms with E-state index in [4.69, 9.17) is 0 Å². The molecule has 9 heteroatoms. The highest BCUT2D eigenvalue weighted by Crippen LogP contribution is 2.23. The fourth-order valence-corrected chi connectivity index (χ4v) is 5.77. The van der Waals surface area contributed by atoms with Crippen LogP contribution in [0, 0.1) is 26.6 Å². The van der Waals surface area contributed by atoms with E-state index < -0.39 is 15.8 Å². The van der Waals surface area contributed by atoms with Crippen LogP contribution in [0.3, 0.4) is 0 Å². The molecule has 1 aliphatic heterocycles. The van der Waals surface area contributed by atoms with Gasteiger partial charge in [0.05, 0.1) is 10.6 Å². The van der Waals surface area contributed by atoms with Crippen molar-refractivity contribution in [3.63, 3.8) is 0 Å². The quantitative estimate of drug-likeness (QED) is 0.623. The van der Waals surface area contributed by atoms with Crippen molar-refractivity contribution in [2.45, 2.75) is 39.0 Å². The van der Waals surface area contributed by atoms with Gasteiger partial charge in [-0.1, -0.05) is 17.7 Å².